The summed E-state index contributed by atoms with van der Waals surface area (Å²) < 4.78 is 40.3. The third-order valence-electron chi connectivity index (χ3n) is 3.63. The molecule has 27 heavy (non-hydrogen) atoms. The fraction of sp³-hybridized carbons (Fsp3) is 0.235. The van der Waals surface area contributed by atoms with Gasteiger partial charge in [0.1, 0.15) is 0 Å². The quantitative estimate of drug-likeness (QED) is 0.404. The smallest absolute Gasteiger partial charge is 0.306 e. The normalized spacial score (nSPS) is 11.2. The number of hydrogen-bond donors (Lipinski definition) is 2. The van der Waals surface area contributed by atoms with Gasteiger partial charge < -0.3 is 5.32 Å². The maximum Gasteiger partial charge on any atom is 0.306 e. The molecule has 144 valence electrons. The maximum atomic E-state index is 13.4. The van der Waals surface area contributed by atoms with Crippen LogP contribution in [0.5, 0.6) is 0 Å². The van der Waals surface area contributed by atoms with E-state index in [1.54, 1.807) is 0 Å². The van der Waals surface area contributed by atoms with E-state index in [-0.39, 0.29) is 22.7 Å². The van der Waals surface area contributed by atoms with E-state index in [9.17, 15) is 27.7 Å². The lowest BCUT2D eigenvalue weighted by atomic mass is 10.2. The minimum Gasteiger partial charge on any atom is -0.322 e. The predicted molar refractivity (Wildman–Crippen MR) is 97.5 cm³/mol. The second-order valence-corrected chi connectivity index (χ2v) is 7.42. The van der Waals surface area contributed by atoms with Gasteiger partial charge in [0, 0.05) is 23.9 Å². The number of nitrogens with one attached hydrogen (secondary N) is 2. The first-order valence-corrected chi connectivity index (χ1v) is 9.58. The molecule has 0 atom stereocenters. The lowest BCUT2D eigenvalue weighted by molar-refractivity contribution is -0.387. The SMILES string of the molecule is CCCCNS(=O)(=O)c1cccc(C(=O)Nc2ccc(F)c([N+](=O)[O-])c2)c1. The number of halogens is 1. The van der Waals surface area contributed by atoms with Crippen molar-refractivity contribution in [2.45, 2.75) is 24.7 Å². The molecule has 0 heterocycles. The molecule has 10 heteroatoms. The Balaban J connectivity index is 2.20. The molecular formula is C17H18FN3O5S. The van der Waals surface area contributed by atoms with Crippen LogP contribution < -0.4 is 10.0 Å². The molecule has 0 aliphatic carbocycles. The lowest BCUT2D eigenvalue weighted by Gasteiger charge is -2.09. The van der Waals surface area contributed by atoms with E-state index in [1.807, 2.05) is 6.92 Å². The second kappa shape index (κ2) is 8.69. The van der Waals surface area contributed by atoms with E-state index in [1.165, 1.54) is 30.3 Å². The molecule has 0 radical (unpaired) electrons. The molecule has 2 N–H and O–H groups in total. The van der Waals surface area contributed by atoms with Gasteiger partial charge in [-0.1, -0.05) is 19.4 Å². The van der Waals surface area contributed by atoms with E-state index >= 15 is 0 Å². The van der Waals surface area contributed by atoms with E-state index in [4.69, 9.17) is 0 Å². The van der Waals surface area contributed by atoms with Crippen LogP contribution in [0.25, 0.3) is 0 Å². The molecular weight excluding hydrogens is 377 g/mol. The average molecular weight is 395 g/mol. The summed E-state index contributed by atoms with van der Waals surface area (Å²) in [6.45, 7) is 2.22. The molecule has 0 fully saturated rings. The molecule has 2 aromatic carbocycles. The molecule has 0 unspecified atom stereocenters. The van der Waals surface area contributed by atoms with Crippen LogP contribution in [0, 0.1) is 15.9 Å². The number of carbonyl (C=O) groups excluding carboxylic acids is 1. The van der Waals surface area contributed by atoms with Crippen molar-refractivity contribution in [3.63, 3.8) is 0 Å². The Morgan fingerprint density at radius 2 is 1.96 bits per heavy atom. The number of rotatable bonds is 8. The predicted octanol–water partition coefficient (Wildman–Crippen LogP) is 3.06. The van der Waals surface area contributed by atoms with Crippen LogP contribution in [0.1, 0.15) is 30.1 Å². The Bertz CT molecular complexity index is 963. The van der Waals surface area contributed by atoms with E-state index in [0.717, 1.165) is 18.6 Å². The van der Waals surface area contributed by atoms with Gasteiger partial charge in [-0.3, -0.25) is 14.9 Å². The summed E-state index contributed by atoms with van der Waals surface area (Å²) in [7, 11) is -3.75. The largest absolute Gasteiger partial charge is 0.322 e. The number of nitro groups is 1. The molecule has 0 bridgehead atoms. The van der Waals surface area contributed by atoms with Crippen LogP contribution in [0.4, 0.5) is 15.8 Å². The fourth-order valence-electron chi connectivity index (χ4n) is 2.20. The van der Waals surface area contributed by atoms with Crippen LogP contribution in [-0.2, 0) is 10.0 Å². The fourth-order valence-corrected chi connectivity index (χ4v) is 3.32. The summed E-state index contributed by atoms with van der Waals surface area (Å²) in [5.74, 6) is -1.70. The number of nitro benzene ring substituents is 1. The molecule has 2 rings (SSSR count). The highest BCUT2D eigenvalue weighted by atomic mass is 32.2. The number of carbonyl (C=O) groups is 1. The summed E-state index contributed by atoms with van der Waals surface area (Å²) in [5.41, 5.74) is -0.716. The van der Waals surface area contributed by atoms with Crippen LogP contribution in [-0.4, -0.2) is 25.8 Å². The van der Waals surface area contributed by atoms with Crippen molar-refractivity contribution in [3.8, 4) is 0 Å². The topological polar surface area (TPSA) is 118 Å². The lowest BCUT2D eigenvalue weighted by Crippen LogP contribution is -2.25. The molecule has 0 aromatic heterocycles. The summed E-state index contributed by atoms with van der Waals surface area (Å²) in [6.07, 6.45) is 1.51. The molecule has 1 amide bonds. The van der Waals surface area contributed by atoms with Crippen molar-refractivity contribution < 1.29 is 22.5 Å². The van der Waals surface area contributed by atoms with E-state index < -0.39 is 32.4 Å². The Morgan fingerprint density at radius 3 is 2.63 bits per heavy atom. The van der Waals surface area contributed by atoms with Gasteiger partial charge in [-0.2, -0.15) is 4.39 Å². The summed E-state index contributed by atoms with van der Waals surface area (Å²) >= 11 is 0. The first kappa shape index (κ1) is 20.5. The van der Waals surface area contributed by atoms with Gasteiger partial charge in [0.15, 0.2) is 0 Å². The van der Waals surface area contributed by atoms with Gasteiger partial charge in [-0.05, 0) is 36.8 Å². The zero-order valence-electron chi connectivity index (χ0n) is 14.4. The first-order chi connectivity index (χ1) is 12.7. The maximum absolute atomic E-state index is 13.4. The van der Waals surface area contributed by atoms with Crippen LogP contribution in [0.2, 0.25) is 0 Å². The molecule has 0 aliphatic heterocycles. The van der Waals surface area contributed by atoms with Gasteiger partial charge in [0.2, 0.25) is 15.8 Å². The van der Waals surface area contributed by atoms with Gasteiger partial charge in [-0.25, -0.2) is 13.1 Å². The monoisotopic (exact) mass is 395 g/mol. The summed E-state index contributed by atoms with van der Waals surface area (Å²) in [4.78, 5) is 22.1. The molecule has 8 nitrogen and oxygen atoms in total. The third-order valence-corrected chi connectivity index (χ3v) is 5.09. The van der Waals surface area contributed by atoms with Gasteiger partial charge in [-0.15, -0.1) is 0 Å². The van der Waals surface area contributed by atoms with Crippen LogP contribution in [0.3, 0.4) is 0 Å². The van der Waals surface area contributed by atoms with Crippen molar-refractivity contribution in [1.82, 2.24) is 4.72 Å². The highest BCUT2D eigenvalue weighted by molar-refractivity contribution is 7.89. The van der Waals surface area contributed by atoms with Crippen molar-refractivity contribution in [2.24, 2.45) is 0 Å². The number of nitrogens with zero attached hydrogens (tertiary/aromatic N) is 1. The Labute approximate surface area is 155 Å². The van der Waals surface area contributed by atoms with Crippen molar-refractivity contribution in [2.75, 3.05) is 11.9 Å². The van der Waals surface area contributed by atoms with Gasteiger partial charge >= 0.3 is 5.69 Å². The minimum atomic E-state index is -3.75. The van der Waals surface area contributed by atoms with Gasteiger partial charge in [0.05, 0.1) is 9.82 Å². The van der Waals surface area contributed by atoms with E-state index in [0.29, 0.717) is 6.42 Å². The minimum absolute atomic E-state index is 0.0161. The standard InChI is InChI=1S/C17H18FN3O5S/c1-2-3-9-19-27(25,26)14-6-4-5-12(10-14)17(22)20-13-7-8-15(18)16(11-13)21(23)24/h4-8,10-11,19H,2-3,9H2,1H3,(H,20,22). The zero-order chi connectivity index (χ0) is 20.0. The number of anilines is 1. The van der Waals surface area contributed by atoms with Crippen molar-refractivity contribution >= 4 is 27.3 Å². The van der Waals surface area contributed by atoms with Gasteiger partial charge in [0.25, 0.3) is 5.91 Å². The molecule has 0 saturated carbocycles. The van der Waals surface area contributed by atoms with Crippen molar-refractivity contribution in [3.05, 3.63) is 64.0 Å². The number of amides is 1. The summed E-state index contributed by atoms with van der Waals surface area (Å²) in [5, 5.41) is 13.2. The Morgan fingerprint density at radius 1 is 1.22 bits per heavy atom. The molecule has 0 aliphatic rings. The highest BCUT2D eigenvalue weighted by Crippen LogP contribution is 2.22. The number of sulfonamides is 1. The second-order valence-electron chi connectivity index (χ2n) is 5.66. The van der Waals surface area contributed by atoms with Crippen LogP contribution >= 0.6 is 0 Å². The molecule has 2 aromatic rings. The Kier molecular flexibility index (Phi) is 6.59. The average Bonchev–Trinajstić information content (AvgIpc) is 2.63. The number of unbranched alkanes of at least 4 members (excludes halogenated alkanes) is 1. The first-order valence-electron chi connectivity index (χ1n) is 8.09. The molecule has 0 spiro atoms. The van der Waals surface area contributed by atoms with Crippen LogP contribution in [0.15, 0.2) is 47.4 Å². The third kappa shape index (κ3) is 5.31. The molecule has 0 saturated heterocycles. The van der Waals surface area contributed by atoms with Crippen molar-refractivity contribution in [1.29, 1.82) is 0 Å². The van der Waals surface area contributed by atoms with E-state index in [2.05, 4.69) is 10.0 Å². The Hall–Kier alpha value is -2.85. The zero-order valence-corrected chi connectivity index (χ0v) is 15.3. The number of benzene rings is 2. The highest BCUT2D eigenvalue weighted by Gasteiger charge is 2.18. The summed E-state index contributed by atoms with van der Waals surface area (Å²) in [6, 6.07) is 8.30. The number of hydrogen-bond acceptors (Lipinski definition) is 5.